The van der Waals surface area contributed by atoms with Gasteiger partial charge in [0, 0.05) is 25.4 Å². The van der Waals surface area contributed by atoms with E-state index in [1.165, 1.54) is 34.5 Å². The number of sulfonamides is 1. The first-order valence-corrected chi connectivity index (χ1v) is 12.7. The summed E-state index contributed by atoms with van der Waals surface area (Å²) >= 11 is 0. The fourth-order valence-corrected chi connectivity index (χ4v) is 8.08. The van der Waals surface area contributed by atoms with Gasteiger partial charge in [-0.15, -0.1) is 0 Å². The molecule has 3 fully saturated rings. The molecule has 1 aromatic rings. The normalized spacial score (nSPS) is 27.8. The summed E-state index contributed by atoms with van der Waals surface area (Å²) in [5.41, 5.74) is 0.329. The van der Waals surface area contributed by atoms with E-state index in [2.05, 4.69) is 0 Å². The summed E-state index contributed by atoms with van der Waals surface area (Å²) in [6.07, 6.45) is 2.82. The van der Waals surface area contributed by atoms with Crippen LogP contribution in [0.1, 0.15) is 25.7 Å². The lowest BCUT2D eigenvalue weighted by atomic mass is 10.0. The van der Waals surface area contributed by atoms with Crippen LogP contribution in [-0.2, 0) is 24.7 Å². The number of rotatable bonds is 4. The Balaban J connectivity index is 1.75. The Morgan fingerprint density at radius 2 is 1.82 bits per heavy atom. The molecule has 154 valence electrons. The van der Waals surface area contributed by atoms with Gasteiger partial charge >= 0.3 is 0 Å². The van der Waals surface area contributed by atoms with Crippen LogP contribution in [0.25, 0.3) is 0 Å². The smallest absolute Gasteiger partial charge is 0.243 e. The number of nitrogens with zero attached hydrogens (tertiary/aromatic N) is 2. The quantitative estimate of drug-likeness (QED) is 0.710. The number of carbonyl (C=O) groups is 1. The monoisotopic (exact) mass is 428 g/mol. The van der Waals surface area contributed by atoms with Crippen LogP contribution in [0.2, 0.25) is 0 Å². The lowest BCUT2D eigenvalue weighted by Crippen LogP contribution is -2.37. The van der Waals surface area contributed by atoms with Crippen molar-refractivity contribution in [1.29, 1.82) is 0 Å². The first-order chi connectivity index (χ1) is 13.2. The van der Waals surface area contributed by atoms with Gasteiger partial charge in [-0.1, -0.05) is 6.42 Å². The third-order valence-corrected chi connectivity index (χ3v) is 9.52. The van der Waals surface area contributed by atoms with Crippen molar-refractivity contribution in [3.63, 3.8) is 0 Å². The summed E-state index contributed by atoms with van der Waals surface area (Å²) in [5.74, 6) is -0.208. The van der Waals surface area contributed by atoms with Gasteiger partial charge in [-0.2, -0.15) is 4.31 Å². The highest BCUT2D eigenvalue weighted by atomic mass is 32.2. The Bertz CT molecular complexity index is 999. The molecule has 1 aromatic carbocycles. The van der Waals surface area contributed by atoms with Gasteiger partial charge in [0.1, 0.15) is 5.75 Å². The number of sulfone groups is 1. The minimum absolute atomic E-state index is 0.00596. The van der Waals surface area contributed by atoms with Crippen molar-refractivity contribution in [3.05, 3.63) is 18.2 Å². The number of benzene rings is 1. The van der Waals surface area contributed by atoms with E-state index in [0.29, 0.717) is 24.5 Å². The maximum absolute atomic E-state index is 13.1. The molecule has 0 N–H and O–H groups in total. The summed E-state index contributed by atoms with van der Waals surface area (Å²) in [5, 5.41) is 0. The zero-order valence-electron chi connectivity index (χ0n) is 15.7. The molecule has 0 aliphatic carbocycles. The SMILES string of the molecule is COc1ccc(S(=O)(=O)N2CCCCC2)cc1N1C(=O)C[C@H]2CS(=O)(=O)C[C@H]21. The average Bonchev–Trinajstić information content (AvgIpc) is 3.11. The van der Waals surface area contributed by atoms with Crippen molar-refractivity contribution in [2.45, 2.75) is 36.6 Å². The van der Waals surface area contributed by atoms with E-state index in [1.54, 1.807) is 0 Å². The minimum atomic E-state index is -3.68. The molecule has 3 heterocycles. The number of carbonyl (C=O) groups excluding carboxylic acids is 1. The summed E-state index contributed by atoms with van der Waals surface area (Å²) in [6.45, 7) is 0.963. The molecule has 8 nitrogen and oxygen atoms in total. The molecule has 10 heteroatoms. The summed E-state index contributed by atoms with van der Waals surface area (Å²) in [4.78, 5) is 14.2. The predicted octanol–water partition coefficient (Wildman–Crippen LogP) is 1.02. The second-order valence-corrected chi connectivity index (χ2v) is 11.8. The van der Waals surface area contributed by atoms with Crippen molar-refractivity contribution >= 4 is 31.5 Å². The van der Waals surface area contributed by atoms with Gasteiger partial charge in [0.2, 0.25) is 15.9 Å². The van der Waals surface area contributed by atoms with Gasteiger partial charge in [-0.05, 0) is 31.0 Å². The molecule has 0 bridgehead atoms. The van der Waals surface area contributed by atoms with E-state index in [1.807, 2.05) is 0 Å². The Morgan fingerprint density at radius 1 is 1.11 bits per heavy atom. The van der Waals surface area contributed by atoms with E-state index in [-0.39, 0.29) is 34.6 Å². The lowest BCUT2D eigenvalue weighted by molar-refractivity contribution is -0.117. The van der Waals surface area contributed by atoms with E-state index in [4.69, 9.17) is 4.74 Å². The Morgan fingerprint density at radius 3 is 2.50 bits per heavy atom. The number of anilines is 1. The van der Waals surface area contributed by atoms with Gasteiger partial charge in [-0.25, -0.2) is 16.8 Å². The molecule has 0 saturated carbocycles. The molecule has 3 saturated heterocycles. The molecule has 4 rings (SSSR count). The third kappa shape index (κ3) is 3.31. The lowest BCUT2D eigenvalue weighted by Gasteiger charge is -2.28. The van der Waals surface area contributed by atoms with Gasteiger partial charge in [-0.3, -0.25) is 4.79 Å². The molecule has 0 aromatic heterocycles. The van der Waals surface area contributed by atoms with Crippen molar-refractivity contribution in [1.82, 2.24) is 4.31 Å². The van der Waals surface area contributed by atoms with Crippen LogP contribution in [0.4, 0.5) is 5.69 Å². The zero-order valence-corrected chi connectivity index (χ0v) is 17.3. The molecular formula is C18H24N2O6S2. The first kappa shape index (κ1) is 19.7. The maximum Gasteiger partial charge on any atom is 0.243 e. The number of ether oxygens (including phenoxy) is 1. The Hall–Kier alpha value is -1.65. The molecule has 3 aliphatic heterocycles. The average molecular weight is 429 g/mol. The fourth-order valence-electron chi connectivity index (χ4n) is 4.48. The molecule has 0 unspecified atom stereocenters. The fraction of sp³-hybridized carbons (Fsp3) is 0.611. The molecule has 1 amide bonds. The highest BCUT2D eigenvalue weighted by molar-refractivity contribution is 7.91. The summed E-state index contributed by atoms with van der Waals surface area (Å²) < 4.78 is 57.0. The number of amides is 1. The van der Waals surface area contributed by atoms with Gasteiger partial charge in [0.15, 0.2) is 9.84 Å². The van der Waals surface area contributed by atoms with Gasteiger partial charge in [0.05, 0.1) is 35.2 Å². The Kier molecular flexibility index (Phi) is 4.91. The van der Waals surface area contributed by atoms with Crippen molar-refractivity contribution in [3.8, 4) is 5.75 Å². The second kappa shape index (κ2) is 7.00. The third-order valence-electron chi connectivity index (χ3n) is 5.84. The molecule has 3 aliphatic rings. The van der Waals surface area contributed by atoms with Crippen LogP contribution in [-0.4, -0.2) is 64.8 Å². The van der Waals surface area contributed by atoms with Crippen molar-refractivity contribution < 1.29 is 26.4 Å². The minimum Gasteiger partial charge on any atom is -0.495 e. The van der Waals surface area contributed by atoms with E-state index >= 15 is 0 Å². The van der Waals surface area contributed by atoms with E-state index in [0.717, 1.165) is 19.3 Å². The number of piperidine rings is 1. The van der Waals surface area contributed by atoms with Crippen LogP contribution >= 0.6 is 0 Å². The van der Waals surface area contributed by atoms with Crippen LogP contribution in [0.3, 0.4) is 0 Å². The highest BCUT2D eigenvalue weighted by Gasteiger charge is 2.50. The maximum atomic E-state index is 13.1. The number of hydrogen-bond acceptors (Lipinski definition) is 6. The topological polar surface area (TPSA) is 101 Å². The van der Waals surface area contributed by atoms with Gasteiger partial charge in [0.25, 0.3) is 0 Å². The van der Waals surface area contributed by atoms with Crippen LogP contribution in [0.15, 0.2) is 23.1 Å². The predicted molar refractivity (Wildman–Crippen MR) is 104 cm³/mol. The summed E-state index contributed by atoms with van der Waals surface area (Å²) in [6, 6.07) is 4.00. The largest absolute Gasteiger partial charge is 0.495 e. The van der Waals surface area contributed by atoms with E-state index < -0.39 is 25.9 Å². The molecule has 0 spiro atoms. The molecule has 28 heavy (non-hydrogen) atoms. The molecular weight excluding hydrogens is 404 g/mol. The highest BCUT2D eigenvalue weighted by Crippen LogP contribution is 2.42. The second-order valence-electron chi connectivity index (χ2n) is 7.67. The number of hydrogen-bond donors (Lipinski definition) is 0. The van der Waals surface area contributed by atoms with Gasteiger partial charge < -0.3 is 9.64 Å². The van der Waals surface area contributed by atoms with Crippen LogP contribution in [0, 0.1) is 5.92 Å². The first-order valence-electron chi connectivity index (χ1n) is 9.43. The van der Waals surface area contributed by atoms with E-state index in [9.17, 15) is 21.6 Å². The standard InChI is InChI=1S/C18H24N2O6S2/c1-26-17-6-5-14(28(24,25)19-7-3-2-4-8-19)10-15(17)20-16-12-27(22,23)11-13(16)9-18(20)21/h5-6,10,13,16H,2-4,7-9,11-12H2,1H3/t13-,16+/m0/s1. The Labute approximate surface area is 165 Å². The molecule has 2 atom stereocenters. The number of fused-ring (bicyclic) bond motifs is 1. The molecule has 0 radical (unpaired) electrons. The van der Waals surface area contributed by atoms with Crippen molar-refractivity contribution in [2.75, 3.05) is 36.6 Å². The number of methoxy groups -OCH3 is 1. The van der Waals surface area contributed by atoms with Crippen LogP contribution in [0.5, 0.6) is 5.75 Å². The van der Waals surface area contributed by atoms with Crippen molar-refractivity contribution in [2.24, 2.45) is 5.92 Å². The summed E-state index contributed by atoms with van der Waals surface area (Å²) in [7, 11) is -5.44. The van der Waals surface area contributed by atoms with Crippen LogP contribution < -0.4 is 9.64 Å². The zero-order chi connectivity index (χ0) is 20.1.